The molecule has 0 fully saturated rings. The normalized spacial score (nSPS) is 13.2. The second-order valence-corrected chi connectivity index (χ2v) is 14.0. The van der Waals surface area contributed by atoms with Crippen LogP contribution in [0.25, 0.3) is 0 Å². The summed E-state index contributed by atoms with van der Waals surface area (Å²) in [5.41, 5.74) is 4.06. The second-order valence-electron chi connectivity index (χ2n) is 9.29. The van der Waals surface area contributed by atoms with E-state index in [1.54, 1.807) is 42.5 Å². The summed E-state index contributed by atoms with van der Waals surface area (Å²) in [5.74, 6) is 1.44. The average molecular weight is 601 g/mol. The SMILES string of the molecule is O=S(=O)(Nc1ccc(C2=NCCc3ccc(Oc4ccccc4)cc32)cc1)c1sccc1S(=O)(=O)c1ccccc1. The van der Waals surface area contributed by atoms with E-state index in [2.05, 4.69) is 4.72 Å². The molecule has 0 atom stereocenters. The van der Waals surface area contributed by atoms with E-state index < -0.39 is 19.9 Å². The molecule has 7 nitrogen and oxygen atoms in total. The molecule has 0 aliphatic carbocycles. The third-order valence-electron chi connectivity index (χ3n) is 6.56. The highest BCUT2D eigenvalue weighted by molar-refractivity contribution is 7.96. The minimum absolute atomic E-state index is 0.0325. The first kappa shape index (κ1) is 26.9. The van der Waals surface area contributed by atoms with Crippen LogP contribution in [0.1, 0.15) is 16.7 Å². The summed E-state index contributed by atoms with van der Waals surface area (Å²) in [5, 5.41) is 1.46. The van der Waals surface area contributed by atoms with Gasteiger partial charge in [0.05, 0.1) is 10.6 Å². The highest BCUT2D eigenvalue weighted by Crippen LogP contribution is 2.33. The van der Waals surface area contributed by atoms with Crippen LogP contribution in [0.5, 0.6) is 11.5 Å². The number of sulfonamides is 1. The standard InChI is InChI=1S/C31H24N2O5S3/c34-40(35,27-9-5-2-6-10-27)29-18-20-39-31(29)41(36,37)33-24-14-11-23(12-15-24)30-28-21-26(16-13-22(28)17-19-32-30)38-25-7-3-1-4-8-25/h1-16,18,20-21,33H,17,19H2. The lowest BCUT2D eigenvalue weighted by Gasteiger charge is -2.19. The largest absolute Gasteiger partial charge is 0.457 e. The number of thiophene rings is 1. The summed E-state index contributed by atoms with van der Waals surface area (Å²) in [6, 6.07) is 31.5. The fourth-order valence-corrected chi connectivity index (χ4v) is 9.24. The van der Waals surface area contributed by atoms with Crippen molar-refractivity contribution in [3.8, 4) is 11.5 Å². The molecule has 206 valence electrons. The number of para-hydroxylation sites is 1. The Balaban J connectivity index is 1.24. The molecule has 1 N–H and O–H groups in total. The van der Waals surface area contributed by atoms with Crippen molar-refractivity contribution in [3.05, 3.63) is 131 Å². The van der Waals surface area contributed by atoms with Crippen LogP contribution in [0, 0.1) is 0 Å². The maximum absolute atomic E-state index is 13.3. The summed E-state index contributed by atoms with van der Waals surface area (Å²) in [7, 11) is -8.18. The van der Waals surface area contributed by atoms with Gasteiger partial charge in [-0.25, -0.2) is 16.8 Å². The van der Waals surface area contributed by atoms with Gasteiger partial charge in [-0.2, -0.15) is 0 Å². The summed E-state index contributed by atoms with van der Waals surface area (Å²) in [4.78, 5) is 4.54. The summed E-state index contributed by atoms with van der Waals surface area (Å²) in [6.07, 6.45) is 0.817. The Morgan fingerprint density at radius 2 is 1.46 bits per heavy atom. The number of nitrogens with one attached hydrogen (secondary N) is 1. The Labute approximate surface area is 242 Å². The minimum Gasteiger partial charge on any atom is -0.457 e. The van der Waals surface area contributed by atoms with Gasteiger partial charge in [0.25, 0.3) is 10.0 Å². The molecule has 0 bridgehead atoms. The van der Waals surface area contributed by atoms with E-state index in [-0.39, 0.29) is 14.0 Å². The smallest absolute Gasteiger partial charge is 0.272 e. The zero-order valence-electron chi connectivity index (χ0n) is 21.6. The Hall–Kier alpha value is -4.25. The van der Waals surface area contributed by atoms with E-state index in [0.717, 1.165) is 45.9 Å². The summed E-state index contributed by atoms with van der Waals surface area (Å²) in [6.45, 7) is 0.645. The molecule has 1 aromatic heterocycles. The van der Waals surface area contributed by atoms with Gasteiger partial charge in [-0.15, -0.1) is 11.3 Å². The van der Waals surface area contributed by atoms with Crippen molar-refractivity contribution in [1.82, 2.24) is 0 Å². The van der Waals surface area contributed by atoms with Crippen LogP contribution >= 0.6 is 11.3 Å². The molecule has 6 rings (SSSR count). The highest BCUT2D eigenvalue weighted by atomic mass is 32.2. The van der Waals surface area contributed by atoms with Gasteiger partial charge in [0.15, 0.2) is 4.21 Å². The molecule has 10 heteroatoms. The van der Waals surface area contributed by atoms with Gasteiger partial charge in [0.2, 0.25) is 9.84 Å². The van der Waals surface area contributed by atoms with Gasteiger partial charge >= 0.3 is 0 Å². The fraction of sp³-hybridized carbons (Fsp3) is 0.0645. The number of sulfone groups is 1. The molecule has 0 saturated heterocycles. The van der Waals surface area contributed by atoms with Crippen LogP contribution in [0.3, 0.4) is 0 Å². The minimum atomic E-state index is -4.17. The first-order valence-electron chi connectivity index (χ1n) is 12.7. The maximum atomic E-state index is 13.3. The lowest BCUT2D eigenvalue weighted by Crippen LogP contribution is -2.16. The molecular formula is C31H24N2O5S3. The van der Waals surface area contributed by atoms with Crippen molar-refractivity contribution in [1.29, 1.82) is 0 Å². The third-order valence-corrected chi connectivity index (χ3v) is 11.5. The molecule has 0 spiro atoms. The van der Waals surface area contributed by atoms with Crippen LogP contribution < -0.4 is 9.46 Å². The molecule has 4 aromatic carbocycles. The number of aliphatic imine (C=N–C) groups is 1. The topological polar surface area (TPSA) is 102 Å². The lowest BCUT2D eigenvalue weighted by molar-refractivity contribution is 0.482. The quantitative estimate of drug-likeness (QED) is 0.217. The molecule has 0 radical (unpaired) electrons. The monoisotopic (exact) mass is 600 g/mol. The molecule has 0 saturated carbocycles. The Morgan fingerprint density at radius 1 is 0.756 bits per heavy atom. The number of nitrogens with zero attached hydrogens (tertiary/aromatic N) is 1. The number of benzene rings is 4. The van der Waals surface area contributed by atoms with Gasteiger partial charge in [0.1, 0.15) is 16.4 Å². The van der Waals surface area contributed by atoms with Gasteiger partial charge < -0.3 is 4.74 Å². The van der Waals surface area contributed by atoms with E-state index in [9.17, 15) is 16.8 Å². The molecule has 1 aliphatic heterocycles. The Morgan fingerprint density at radius 3 is 2.20 bits per heavy atom. The summed E-state index contributed by atoms with van der Waals surface area (Å²) >= 11 is 0.857. The van der Waals surface area contributed by atoms with Crippen LogP contribution in [-0.2, 0) is 26.3 Å². The van der Waals surface area contributed by atoms with Crippen molar-refractivity contribution in [2.24, 2.45) is 4.99 Å². The molecular weight excluding hydrogens is 577 g/mol. The van der Waals surface area contributed by atoms with Gasteiger partial charge in [0, 0.05) is 23.4 Å². The van der Waals surface area contributed by atoms with Gasteiger partial charge in [-0.1, -0.05) is 54.6 Å². The average Bonchev–Trinajstić information content (AvgIpc) is 3.51. The van der Waals surface area contributed by atoms with Crippen LogP contribution in [0.2, 0.25) is 0 Å². The van der Waals surface area contributed by atoms with E-state index in [1.165, 1.54) is 23.6 Å². The van der Waals surface area contributed by atoms with Crippen molar-refractivity contribution in [2.75, 3.05) is 11.3 Å². The first-order valence-corrected chi connectivity index (χ1v) is 16.6. The lowest BCUT2D eigenvalue weighted by atomic mass is 9.93. The Bertz CT molecular complexity index is 1950. The van der Waals surface area contributed by atoms with Crippen LogP contribution in [0.15, 0.2) is 134 Å². The number of hydrogen-bond donors (Lipinski definition) is 1. The highest BCUT2D eigenvalue weighted by Gasteiger charge is 2.29. The number of hydrogen-bond acceptors (Lipinski definition) is 7. The maximum Gasteiger partial charge on any atom is 0.272 e. The fourth-order valence-electron chi connectivity index (χ4n) is 4.61. The zero-order chi connectivity index (χ0) is 28.5. The van der Waals surface area contributed by atoms with Crippen molar-refractivity contribution in [3.63, 3.8) is 0 Å². The van der Waals surface area contributed by atoms with Crippen LogP contribution in [0.4, 0.5) is 5.69 Å². The molecule has 5 aromatic rings. The first-order chi connectivity index (χ1) is 19.8. The molecule has 1 aliphatic rings. The van der Waals surface area contributed by atoms with Gasteiger partial charge in [-0.05, 0) is 72.0 Å². The van der Waals surface area contributed by atoms with Gasteiger partial charge in [-0.3, -0.25) is 9.71 Å². The van der Waals surface area contributed by atoms with Crippen LogP contribution in [-0.4, -0.2) is 29.1 Å². The molecule has 41 heavy (non-hydrogen) atoms. The number of ether oxygens (including phenoxy) is 1. The van der Waals surface area contributed by atoms with Crippen molar-refractivity contribution in [2.45, 2.75) is 20.4 Å². The molecule has 0 amide bonds. The second kappa shape index (κ2) is 11.0. The molecule has 0 unspecified atom stereocenters. The van der Waals surface area contributed by atoms with E-state index >= 15 is 0 Å². The predicted octanol–water partition coefficient (Wildman–Crippen LogP) is 6.57. The predicted molar refractivity (Wildman–Crippen MR) is 161 cm³/mol. The summed E-state index contributed by atoms with van der Waals surface area (Å²) < 4.78 is 61.2. The zero-order valence-corrected chi connectivity index (χ0v) is 24.0. The third kappa shape index (κ3) is 5.54. The number of anilines is 1. The molecule has 2 heterocycles. The van der Waals surface area contributed by atoms with E-state index in [4.69, 9.17) is 9.73 Å². The van der Waals surface area contributed by atoms with Crippen molar-refractivity contribution >= 4 is 42.6 Å². The van der Waals surface area contributed by atoms with E-state index in [0.29, 0.717) is 18.0 Å². The van der Waals surface area contributed by atoms with E-state index in [1.807, 2.05) is 48.5 Å². The number of rotatable bonds is 8. The number of fused-ring (bicyclic) bond motifs is 1. The van der Waals surface area contributed by atoms with Crippen molar-refractivity contribution < 1.29 is 21.6 Å². The Kier molecular flexibility index (Phi) is 7.21.